The molecule has 0 saturated carbocycles. The minimum atomic E-state index is -0.967. The predicted octanol–water partition coefficient (Wildman–Crippen LogP) is 1.44. The molecule has 3 rings (SSSR count). The normalized spacial score (nSPS) is 26.2. The molecule has 19 heavy (non-hydrogen) atoms. The van der Waals surface area contributed by atoms with Crippen LogP contribution in [-0.4, -0.2) is 41.1 Å². The molecule has 0 aromatic carbocycles. The average Bonchev–Trinajstić information content (AvgIpc) is 3.06. The van der Waals surface area contributed by atoms with Crippen molar-refractivity contribution in [3.05, 3.63) is 21.9 Å². The quantitative estimate of drug-likeness (QED) is 0.890. The summed E-state index contributed by atoms with van der Waals surface area (Å²) < 4.78 is 5.38. The number of carbonyl (C=O) groups is 2. The number of hydrogen-bond acceptors (Lipinski definition) is 4. The number of carboxylic acid groups (broad SMARTS) is 1. The highest BCUT2D eigenvalue weighted by molar-refractivity contribution is 7.10. The fourth-order valence-corrected chi connectivity index (χ4v) is 3.68. The van der Waals surface area contributed by atoms with Gasteiger partial charge in [0.25, 0.3) is 5.91 Å². The summed E-state index contributed by atoms with van der Waals surface area (Å²) in [5, 5.41) is 11.3. The zero-order chi connectivity index (χ0) is 13.4. The van der Waals surface area contributed by atoms with Crippen LogP contribution in [0.3, 0.4) is 0 Å². The van der Waals surface area contributed by atoms with Gasteiger partial charge < -0.3 is 14.7 Å². The maximum atomic E-state index is 12.4. The third-order valence-corrected chi connectivity index (χ3v) is 4.68. The Morgan fingerprint density at radius 2 is 2.32 bits per heavy atom. The fraction of sp³-hybridized carbons (Fsp3) is 0.538. The Morgan fingerprint density at radius 1 is 1.47 bits per heavy atom. The monoisotopic (exact) mass is 281 g/mol. The molecular weight excluding hydrogens is 266 g/mol. The number of amides is 1. The molecule has 1 N–H and O–H groups in total. The lowest BCUT2D eigenvalue weighted by Gasteiger charge is -2.34. The van der Waals surface area contributed by atoms with Crippen LogP contribution in [0.2, 0.25) is 0 Å². The van der Waals surface area contributed by atoms with E-state index in [0.717, 1.165) is 23.3 Å². The van der Waals surface area contributed by atoms with Gasteiger partial charge in [-0.3, -0.25) is 4.79 Å². The Balaban J connectivity index is 1.89. The molecule has 1 aromatic rings. The molecule has 6 heteroatoms. The van der Waals surface area contributed by atoms with Gasteiger partial charge in [-0.05, 0) is 36.3 Å². The second-order valence-corrected chi connectivity index (χ2v) is 5.82. The van der Waals surface area contributed by atoms with Gasteiger partial charge in [-0.1, -0.05) is 0 Å². The highest BCUT2D eigenvalue weighted by atomic mass is 32.1. The van der Waals surface area contributed by atoms with E-state index >= 15 is 0 Å². The zero-order valence-corrected chi connectivity index (χ0v) is 11.2. The van der Waals surface area contributed by atoms with E-state index < -0.39 is 18.1 Å². The van der Waals surface area contributed by atoms with E-state index in [4.69, 9.17) is 4.74 Å². The van der Waals surface area contributed by atoms with Gasteiger partial charge in [0.05, 0.1) is 0 Å². The Kier molecular flexibility index (Phi) is 3.28. The van der Waals surface area contributed by atoms with Crippen LogP contribution in [0.25, 0.3) is 0 Å². The van der Waals surface area contributed by atoms with Crippen molar-refractivity contribution in [1.29, 1.82) is 0 Å². The van der Waals surface area contributed by atoms with Crippen molar-refractivity contribution >= 4 is 23.2 Å². The molecule has 1 fully saturated rings. The van der Waals surface area contributed by atoms with Crippen molar-refractivity contribution in [2.75, 3.05) is 13.2 Å². The topological polar surface area (TPSA) is 66.8 Å². The van der Waals surface area contributed by atoms with E-state index in [1.54, 1.807) is 11.3 Å². The average molecular weight is 281 g/mol. The van der Waals surface area contributed by atoms with Gasteiger partial charge in [0, 0.05) is 18.0 Å². The van der Waals surface area contributed by atoms with Gasteiger partial charge in [0.15, 0.2) is 6.04 Å². The van der Waals surface area contributed by atoms with Gasteiger partial charge in [0.1, 0.15) is 6.10 Å². The summed E-state index contributed by atoms with van der Waals surface area (Å²) in [7, 11) is 0. The van der Waals surface area contributed by atoms with Crippen LogP contribution in [0.5, 0.6) is 0 Å². The van der Waals surface area contributed by atoms with E-state index in [1.807, 2.05) is 11.4 Å². The molecule has 5 nitrogen and oxygen atoms in total. The van der Waals surface area contributed by atoms with Crippen LogP contribution < -0.4 is 0 Å². The first-order valence-corrected chi connectivity index (χ1v) is 7.27. The number of ether oxygens (including phenoxy) is 1. The zero-order valence-electron chi connectivity index (χ0n) is 10.4. The fourth-order valence-electron chi connectivity index (χ4n) is 2.78. The van der Waals surface area contributed by atoms with E-state index in [-0.39, 0.29) is 5.91 Å². The molecule has 1 saturated heterocycles. The molecule has 2 atom stereocenters. The van der Waals surface area contributed by atoms with Gasteiger partial charge >= 0.3 is 5.97 Å². The first-order chi connectivity index (χ1) is 9.18. The van der Waals surface area contributed by atoms with Gasteiger partial charge in [-0.25, -0.2) is 4.79 Å². The largest absolute Gasteiger partial charge is 0.479 e. The van der Waals surface area contributed by atoms with Gasteiger partial charge in [0.2, 0.25) is 0 Å². The van der Waals surface area contributed by atoms with Crippen LogP contribution in [-0.2, 0) is 20.7 Å². The third kappa shape index (κ3) is 2.15. The number of hydrogen-bond donors (Lipinski definition) is 1. The molecular formula is C13H15NO4S. The van der Waals surface area contributed by atoms with Crippen molar-refractivity contribution in [1.82, 2.24) is 4.90 Å². The lowest BCUT2D eigenvalue weighted by molar-refractivity contribution is -0.155. The standard InChI is InChI=1S/C13H15NO4S/c15-12(9-2-1-6-18-9)14-5-3-10-8(4-7-19-10)11(14)13(16)17/h4,7,9,11H,1-3,5-6H2,(H,16,17)/t9-,11?/m1/s1. The lowest BCUT2D eigenvalue weighted by atomic mass is 9.99. The van der Waals surface area contributed by atoms with Crippen LogP contribution in [0.15, 0.2) is 11.4 Å². The van der Waals surface area contributed by atoms with E-state index in [9.17, 15) is 14.7 Å². The minimum absolute atomic E-state index is 0.179. The summed E-state index contributed by atoms with van der Waals surface area (Å²) in [6.07, 6.45) is 1.83. The van der Waals surface area contributed by atoms with Crippen LogP contribution >= 0.6 is 11.3 Å². The Hall–Kier alpha value is -1.40. The Bertz CT molecular complexity index is 506. The van der Waals surface area contributed by atoms with Crippen molar-refractivity contribution in [3.8, 4) is 0 Å². The second kappa shape index (κ2) is 4.94. The highest BCUT2D eigenvalue weighted by Crippen LogP contribution is 2.34. The van der Waals surface area contributed by atoms with E-state index in [1.165, 1.54) is 4.90 Å². The van der Waals surface area contributed by atoms with Crippen LogP contribution in [0.1, 0.15) is 29.3 Å². The number of carboxylic acids is 1. The maximum Gasteiger partial charge on any atom is 0.331 e. The van der Waals surface area contributed by atoms with Crippen molar-refractivity contribution < 1.29 is 19.4 Å². The SMILES string of the molecule is O=C(O)C1c2ccsc2CCN1C(=O)[C@H]1CCCO1. The number of carbonyl (C=O) groups excluding carboxylic acids is 1. The smallest absolute Gasteiger partial charge is 0.331 e. The predicted molar refractivity (Wildman–Crippen MR) is 69.1 cm³/mol. The molecule has 1 amide bonds. The Morgan fingerprint density at radius 3 is 3.00 bits per heavy atom. The van der Waals surface area contributed by atoms with Gasteiger partial charge in [-0.15, -0.1) is 11.3 Å². The number of rotatable bonds is 2. The maximum absolute atomic E-state index is 12.4. The summed E-state index contributed by atoms with van der Waals surface area (Å²) in [5.74, 6) is -1.15. The molecule has 0 bridgehead atoms. The highest BCUT2D eigenvalue weighted by Gasteiger charge is 2.40. The van der Waals surface area contributed by atoms with E-state index in [0.29, 0.717) is 19.6 Å². The second-order valence-electron chi connectivity index (χ2n) is 4.82. The Labute approximate surface area is 114 Å². The molecule has 0 spiro atoms. The van der Waals surface area contributed by atoms with E-state index in [2.05, 4.69) is 0 Å². The first kappa shape index (κ1) is 12.6. The number of aliphatic carboxylic acids is 1. The lowest BCUT2D eigenvalue weighted by Crippen LogP contribution is -2.47. The molecule has 1 aromatic heterocycles. The van der Waals surface area contributed by atoms with Crippen molar-refractivity contribution in [2.45, 2.75) is 31.4 Å². The molecule has 1 unspecified atom stereocenters. The number of fused-ring (bicyclic) bond motifs is 1. The van der Waals surface area contributed by atoms with Gasteiger partial charge in [-0.2, -0.15) is 0 Å². The van der Waals surface area contributed by atoms with Crippen molar-refractivity contribution in [3.63, 3.8) is 0 Å². The summed E-state index contributed by atoms with van der Waals surface area (Å²) in [6, 6.07) is 0.958. The summed E-state index contributed by atoms with van der Waals surface area (Å²) in [4.78, 5) is 26.4. The molecule has 102 valence electrons. The van der Waals surface area contributed by atoms with Crippen molar-refractivity contribution in [2.24, 2.45) is 0 Å². The van der Waals surface area contributed by atoms with Crippen LogP contribution in [0, 0.1) is 0 Å². The molecule has 2 aliphatic rings. The minimum Gasteiger partial charge on any atom is -0.479 e. The first-order valence-electron chi connectivity index (χ1n) is 6.39. The van der Waals surface area contributed by atoms with Crippen LogP contribution in [0.4, 0.5) is 0 Å². The summed E-state index contributed by atoms with van der Waals surface area (Å²) >= 11 is 1.56. The molecule has 0 aliphatic carbocycles. The third-order valence-electron chi connectivity index (χ3n) is 3.69. The molecule has 0 radical (unpaired) electrons. The summed E-state index contributed by atoms with van der Waals surface area (Å²) in [5.41, 5.74) is 0.759. The number of thiophene rings is 1. The number of nitrogens with zero attached hydrogens (tertiary/aromatic N) is 1. The molecule has 3 heterocycles. The molecule has 2 aliphatic heterocycles. The summed E-state index contributed by atoms with van der Waals surface area (Å²) in [6.45, 7) is 1.05.